The molecular formula is C15H29N3O3. The summed E-state index contributed by atoms with van der Waals surface area (Å²) >= 11 is 0. The number of hydrogen-bond acceptors (Lipinski definition) is 3. The Labute approximate surface area is 127 Å². The summed E-state index contributed by atoms with van der Waals surface area (Å²) in [5.41, 5.74) is -0.262. The Morgan fingerprint density at radius 3 is 2.24 bits per heavy atom. The molecule has 1 fully saturated rings. The quantitative estimate of drug-likeness (QED) is 0.749. The molecule has 0 heterocycles. The van der Waals surface area contributed by atoms with Crippen molar-refractivity contribution in [2.45, 2.75) is 38.5 Å². The molecule has 0 bridgehead atoms. The second-order valence-electron chi connectivity index (χ2n) is 6.51. The molecule has 0 aromatic heterocycles. The summed E-state index contributed by atoms with van der Waals surface area (Å²) in [5.74, 6) is -0.771. The van der Waals surface area contributed by atoms with Crippen LogP contribution in [0.2, 0.25) is 0 Å². The van der Waals surface area contributed by atoms with Crippen LogP contribution >= 0.6 is 0 Å². The van der Waals surface area contributed by atoms with Gasteiger partial charge in [-0.2, -0.15) is 0 Å². The summed E-state index contributed by atoms with van der Waals surface area (Å²) < 4.78 is 0. The maximum atomic E-state index is 12.1. The third kappa shape index (κ3) is 6.33. The van der Waals surface area contributed by atoms with E-state index in [1.165, 1.54) is 0 Å². The number of carboxylic acid groups (broad SMARTS) is 1. The van der Waals surface area contributed by atoms with E-state index in [9.17, 15) is 9.59 Å². The van der Waals surface area contributed by atoms with Gasteiger partial charge < -0.3 is 20.2 Å². The standard InChI is InChI=1S/C15H29N3O3/c1-17(2)9-10-18(3)14(21)16-12-15(11-13(19)20)7-5-4-6-8-15/h4-12H2,1-3H3,(H,16,21)(H,19,20). The first-order valence-corrected chi connectivity index (χ1v) is 7.70. The lowest BCUT2D eigenvalue weighted by molar-refractivity contribution is -0.140. The van der Waals surface area contributed by atoms with Crippen molar-refractivity contribution in [1.82, 2.24) is 15.1 Å². The van der Waals surface area contributed by atoms with Gasteiger partial charge >= 0.3 is 12.0 Å². The first-order valence-electron chi connectivity index (χ1n) is 7.70. The normalized spacial score (nSPS) is 17.5. The molecule has 0 unspecified atom stereocenters. The largest absolute Gasteiger partial charge is 0.481 e. The number of amides is 2. The lowest BCUT2D eigenvalue weighted by atomic mass is 9.72. The number of carboxylic acids is 1. The number of carbonyl (C=O) groups excluding carboxylic acids is 1. The van der Waals surface area contributed by atoms with Gasteiger partial charge in [0.1, 0.15) is 0 Å². The second kappa shape index (κ2) is 8.22. The van der Waals surface area contributed by atoms with Crippen LogP contribution < -0.4 is 5.32 Å². The van der Waals surface area contributed by atoms with E-state index in [0.717, 1.165) is 38.6 Å². The number of nitrogens with one attached hydrogen (secondary N) is 1. The molecule has 6 heteroatoms. The minimum atomic E-state index is -0.771. The molecule has 0 saturated heterocycles. The van der Waals surface area contributed by atoms with Crippen LogP contribution in [0.5, 0.6) is 0 Å². The Kier molecular flexibility index (Phi) is 6.95. The lowest BCUT2D eigenvalue weighted by Gasteiger charge is -2.36. The second-order valence-corrected chi connectivity index (χ2v) is 6.51. The molecule has 122 valence electrons. The smallest absolute Gasteiger partial charge is 0.317 e. The molecule has 0 atom stereocenters. The molecular weight excluding hydrogens is 270 g/mol. The number of rotatable bonds is 7. The minimum Gasteiger partial charge on any atom is -0.481 e. The van der Waals surface area contributed by atoms with Crippen LogP contribution in [-0.2, 0) is 4.79 Å². The zero-order chi connectivity index (χ0) is 15.9. The van der Waals surface area contributed by atoms with Crippen molar-refractivity contribution >= 4 is 12.0 Å². The SMILES string of the molecule is CN(C)CCN(C)C(=O)NCC1(CC(=O)O)CCCCC1. The van der Waals surface area contributed by atoms with Crippen molar-refractivity contribution in [1.29, 1.82) is 0 Å². The Morgan fingerprint density at radius 1 is 1.10 bits per heavy atom. The third-order valence-electron chi connectivity index (χ3n) is 4.28. The Morgan fingerprint density at radius 2 is 1.71 bits per heavy atom. The molecule has 2 N–H and O–H groups in total. The van der Waals surface area contributed by atoms with Crippen molar-refractivity contribution < 1.29 is 14.7 Å². The van der Waals surface area contributed by atoms with Gasteiger partial charge in [-0.15, -0.1) is 0 Å². The fraction of sp³-hybridized carbons (Fsp3) is 0.867. The summed E-state index contributed by atoms with van der Waals surface area (Å²) in [6.45, 7) is 1.93. The molecule has 0 aromatic carbocycles. The maximum Gasteiger partial charge on any atom is 0.317 e. The van der Waals surface area contributed by atoms with Gasteiger partial charge in [-0.25, -0.2) is 4.79 Å². The fourth-order valence-electron chi connectivity index (χ4n) is 2.89. The third-order valence-corrected chi connectivity index (χ3v) is 4.28. The van der Waals surface area contributed by atoms with Crippen LogP contribution in [0, 0.1) is 5.41 Å². The van der Waals surface area contributed by atoms with Crippen LogP contribution in [0.3, 0.4) is 0 Å². The van der Waals surface area contributed by atoms with Gasteiger partial charge in [0.15, 0.2) is 0 Å². The van der Waals surface area contributed by atoms with E-state index in [1.807, 2.05) is 19.0 Å². The molecule has 21 heavy (non-hydrogen) atoms. The number of urea groups is 1. The van der Waals surface area contributed by atoms with E-state index >= 15 is 0 Å². The van der Waals surface area contributed by atoms with E-state index in [0.29, 0.717) is 13.1 Å². The average molecular weight is 299 g/mol. The van der Waals surface area contributed by atoms with E-state index in [2.05, 4.69) is 5.32 Å². The monoisotopic (exact) mass is 299 g/mol. The molecule has 1 aliphatic carbocycles. The number of nitrogens with zero attached hydrogens (tertiary/aromatic N) is 2. The first-order chi connectivity index (χ1) is 9.84. The van der Waals surface area contributed by atoms with Gasteiger partial charge in [-0.05, 0) is 32.4 Å². The highest BCUT2D eigenvalue weighted by Crippen LogP contribution is 2.38. The highest BCUT2D eigenvalue weighted by molar-refractivity contribution is 5.74. The summed E-state index contributed by atoms with van der Waals surface area (Å²) in [7, 11) is 5.70. The van der Waals surface area contributed by atoms with E-state index in [4.69, 9.17) is 5.11 Å². The topological polar surface area (TPSA) is 72.9 Å². The maximum absolute atomic E-state index is 12.1. The molecule has 0 radical (unpaired) electrons. The highest BCUT2D eigenvalue weighted by Gasteiger charge is 2.34. The van der Waals surface area contributed by atoms with Crippen LogP contribution in [0.15, 0.2) is 0 Å². The van der Waals surface area contributed by atoms with Crippen molar-refractivity contribution in [3.05, 3.63) is 0 Å². The van der Waals surface area contributed by atoms with Gasteiger partial charge in [0, 0.05) is 26.7 Å². The summed E-state index contributed by atoms with van der Waals surface area (Å²) in [5, 5.41) is 12.0. The Hall–Kier alpha value is -1.30. The zero-order valence-electron chi connectivity index (χ0n) is 13.5. The van der Waals surface area contributed by atoms with Crippen LogP contribution in [0.25, 0.3) is 0 Å². The molecule has 0 spiro atoms. The molecule has 0 aliphatic heterocycles. The summed E-state index contributed by atoms with van der Waals surface area (Å²) in [6, 6.07) is -0.118. The van der Waals surface area contributed by atoms with Crippen molar-refractivity contribution in [3.63, 3.8) is 0 Å². The average Bonchev–Trinajstić information content (AvgIpc) is 2.42. The number of carbonyl (C=O) groups is 2. The predicted octanol–water partition coefficient (Wildman–Crippen LogP) is 1.61. The summed E-state index contributed by atoms with van der Waals surface area (Å²) in [4.78, 5) is 26.8. The van der Waals surface area contributed by atoms with Crippen LogP contribution in [-0.4, -0.2) is 67.7 Å². The van der Waals surface area contributed by atoms with Crippen molar-refractivity contribution in [2.24, 2.45) is 5.41 Å². The number of aliphatic carboxylic acids is 1. The minimum absolute atomic E-state index is 0.118. The number of hydrogen-bond donors (Lipinski definition) is 2. The first kappa shape index (κ1) is 17.8. The molecule has 1 rings (SSSR count). The molecule has 6 nitrogen and oxygen atoms in total. The van der Waals surface area contributed by atoms with Gasteiger partial charge in [-0.3, -0.25) is 4.79 Å². The molecule has 1 aliphatic rings. The summed E-state index contributed by atoms with van der Waals surface area (Å²) in [6.07, 6.45) is 5.20. The Balaban J connectivity index is 2.48. The molecule has 0 aromatic rings. The molecule has 2 amide bonds. The van der Waals surface area contributed by atoms with E-state index < -0.39 is 5.97 Å². The van der Waals surface area contributed by atoms with Gasteiger partial charge in [0.25, 0.3) is 0 Å². The predicted molar refractivity (Wildman–Crippen MR) is 82.4 cm³/mol. The van der Waals surface area contributed by atoms with Crippen LogP contribution in [0.1, 0.15) is 38.5 Å². The Bertz CT molecular complexity index is 352. The zero-order valence-corrected chi connectivity index (χ0v) is 13.5. The van der Waals surface area contributed by atoms with Crippen molar-refractivity contribution in [3.8, 4) is 0 Å². The van der Waals surface area contributed by atoms with E-state index in [1.54, 1.807) is 11.9 Å². The lowest BCUT2D eigenvalue weighted by Crippen LogP contribution is -2.46. The van der Waals surface area contributed by atoms with E-state index in [-0.39, 0.29) is 17.9 Å². The fourth-order valence-corrected chi connectivity index (χ4v) is 2.89. The van der Waals surface area contributed by atoms with Gasteiger partial charge in [0.2, 0.25) is 0 Å². The number of likely N-dealkylation sites (N-methyl/N-ethyl adjacent to an activating group) is 2. The van der Waals surface area contributed by atoms with Gasteiger partial charge in [0.05, 0.1) is 6.42 Å². The van der Waals surface area contributed by atoms with Crippen LogP contribution in [0.4, 0.5) is 4.79 Å². The highest BCUT2D eigenvalue weighted by atomic mass is 16.4. The van der Waals surface area contributed by atoms with Gasteiger partial charge in [-0.1, -0.05) is 19.3 Å². The van der Waals surface area contributed by atoms with Crippen molar-refractivity contribution in [2.75, 3.05) is 40.8 Å². The molecule has 1 saturated carbocycles.